The van der Waals surface area contributed by atoms with Gasteiger partial charge in [-0.25, -0.2) is 4.98 Å². The number of carbonyl (C=O) groups is 1. The number of nitrogens with zero attached hydrogens (tertiary/aromatic N) is 3. The molecule has 0 saturated heterocycles. The van der Waals surface area contributed by atoms with E-state index in [4.69, 9.17) is 4.98 Å². The van der Waals surface area contributed by atoms with Crippen LogP contribution in [0.3, 0.4) is 0 Å². The van der Waals surface area contributed by atoms with E-state index in [1.165, 1.54) is 11.1 Å². The average molecular weight is 462 g/mol. The van der Waals surface area contributed by atoms with Crippen LogP contribution in [-0.2, 0) is 23.5 Å². The van der Waals surface area contributed by atoms with Crippen molar-refractivity contribution in [1.29, 1.82) is 0 Å². The lowest BCUT2D eigenvalue weighted by molar-refractivity contribution is -0.129. The Bertz CT molecular complexity index is 1380. The van der Waals surface area contributed by atoms with Crippen LogP contribution in [0.25, 0.3) is 15.9 Å². The third kappa shape index (κ3) is 3.87. The van der Waals surface area contributed by atoms with Gasteiger partial charge in [0.25, 0.3) is 5.56 Å². The number of aromatic nitrogens is 2. The zero-order valence-electron chi connectivity index (χ0n) is 18.0. The van der Waals surface area contributed by atoms with Gasteiger partial charge in [0, 0.05) is 24.1 Å². The summed E-state index contributed by atoms with van der Waals surface area (Å²) in [5.74, 6) is 0.799. The van der Waals surface area contributed by atoms with Crippen LogP contribution in [0.2, 0.25) is 0 Å². The Morgan fingerprint density at radius 3 is 2.72 bits per heavy atom. The minimum atomic E-state index is -0.0262. The van der Waals surface area contributed by atoms with Crippen LogP contribution < -0.4 is 5.56 Å². The van der Waals surface area contributed by atoms with Crippen LogP contribution in [0.15, 0.2) is 64.5 Å². The summed E-state index contributed by atoms with van der Waals surface area (Å²) in [6.45, 7) is 4.88. The molecule has 0 fully saturated rings. The number of fused-ring (bicyclic) bond motifs is 3. The normalized spacial score (nSPS) is 13.4. The van der Waals surface area contributed by atoms with Crippen molar-refractivity contribution in [3.05, 3.63) is 86.5 Å². The maximum absolute atomic E-state index is 13.8. The molecule has 0 spiro atoms. The highest BCUT2D eigenvalue weighted by atomic mass is 32.2. The highest BCUT2D eigenvalue weighted by Gasteiger charge is 2.26. The van der Waals surface area contributed by atoms with Gasteiger partial charge >= 0.3 is 0 Å². The number of benzene rings is 2. The number of rotatable bonds is 4. The summed E-state index contributed by atoms with van der Waals surface area (Å²) in [5, 5.41) is 1.40. The molecule has 1 aliphatic heterocycles. The standard InChI is InChI=1S/C25H23N3O2S2/c1-16-7-6-8-18(13-16)15-31-25-26-23-22(24(30)28(25)19-9-4-3-5-10-19)20-11-12-27(17(2)29)14-21(20)32-23/h3-10,13H,11-12,14-15H2,1-2H3. The molecular formula is C25H23N3O2S2. The van der Waals surface area contributed by atoms with E-state index in [9.17, 15) is 9.59 Å². The van der Waals surface area contributed by atoms with Crippen LogP contribution in [0.4, 0.5) is 0 Å². The Hall–Kier alpha value is -2.90. The van der Waals surface area contributed by atoms with Crippen LogP contribution >= 0.6 is 23.1 Å². The van der Waals surface area contributed by atoms with Crippen molar-refractivity contribution in [3.63, 3.8) is 0 Å². The van der Waals surface area contributed by atoms with Gasteiger partial charge in [0.1, 0.15) is 4.83 Å². The summed E-state index contributed by atoms with van der Waals surface area (Å²) < 4.78 is 1.74. The monoisotopic (exact) mass is 461 g/mol. The molecule has 0 aliphatic carbocycles. The van der Waals surface area contributed by atoms with Crippen molar-refractivity contribution >= 4 is 39.2 Å². The van der Waals surface area contributed by atoms with E-state index >= 15 is 0 Å². The van der Waals surface area contributed by atoms with Crippen molar-refractivity contribution in [2.24, 2.45) is 0 Å². The summed E-state index contributed by atoms with van der Waals surface area (Å²) >= 11 is 3.12. The predicted molar refractivity (Wildman–Crippen MR) is 131 cm³/mol. The zero-order chi connectivity index (χ0) is 22.2. The molecule has 5 rings (SSSR count). The molecule has 5 nitrogen and oxygen atoms in total. The van der Waals surface area contributed by atoms with Crippen molar-refractivity contribution in [2.75, 3.05) is 6.54 Å². The highest BCUT2D eigenvalue weighted by Crippen LogP contribution is 2.34. The van der Waals surface area contributed by atoms with Crippen molar-refractivity contribution < 1.29 is 4.79 Å². The van der Waals surface area contributed by atoms with Crippen molar-refractivity contribution in [1.82, 2.24) is 14.5 Å². The molecule has 32 heavy (non-hydrogen) atoms. The summed E-state index contributed by atoms with van der Waals surface area (Å²) in [4.78, 5) is 34.3. The van der Waals surface area contributed by atoms with E-state index in [-0.39, 0.29) is 11.5 Å². The summed E-state index contributed by atoms with van der Waals surface area (Å²) in [5.41, 5.74) is 4.26. The van der Waals surface area contributed by atoms with Crippen LogP contribution in [-0.4, -0.2) is 26.9 Å². The zero-order valence-corrected chi connectivity index (χ0v) is 19.6. The minimum Gasteiger partial charge on any atom is -0.337 e. The van der Waals surface area contributed by atoms with Crippen LogP contribution in [0, 0.1) is 6.92 Å². The van der Waals surface area contributed by atoms with Crippen molar-refractivity contribution in [3.8, 4) is 5.69 Å². The van der Waals surface area contributed by atoms with E-state index in [1.807, 2.05) is 35.2 Å². The average Bonchev–Trinajstić information content (AvgIpc) is 3.16. The number of hydrogen-bond acceptors (Lipinski definition) is 5. The molecule has 3 heterocycles. The fraction of sp³-hybridized carbons (Fsp3) is 0.240. The van der Waals surface area contributed by atoms with E-state index in [2.05, 4.69) is 31.2 Å². The highest BCUT2D eigenvalue weighted by molar-refractivity contribution is 7.98. The predicted octanol–water partition coefficient (Wildman–Crippen LogP) is 4.95. The Kier molecular flexibility index (Phi) is 5.61. The first-order valence-electron chi connectivity index (χ1n) is 10.6. The van der Waals surface area contributed by atoms with Gasteiger partial charge in [-0.3, -0.25) is 14.2 Å². The Balaban J connectivity index is 1.63. The fourth-order valence-corrected chi connectivity index (χ4v) is 6.38. The quantitative estimate of drug-likeness (QED) is 0.319. The molecule has 0 saturated carbocycles. The molecule has 0 atom stereocenters. The summed E-state index contributed by atoms with van der Waals surface area (Å²) in [7, 11) is 0. The van der Waals surface area contributed by atoms with E-state index in [0.29, 0.717) is 30.1 Å². The molecule has 0 bridgehead atoms. The lowest BCUT2D eigenvalue weighted by atomic mass is 10.1. The summed E-state index contributed by atoms with van der Waals surface area (Å²) in [6, 6.07) is 18.1. The smallest absolute Gasteiger partial charge is 0.267 e. The van der Waals surface area contributed by atoms with E-state index < -0.39 is 0 Å². The molecule has 0 radical (unpaired) electrons. The molecule has 7 heteroatoms. The number of carbonyl (C=O) groups excluding carboxylic acids is 1. The number of para-hydroxylation sites is 1. The van der Waals surface area contributed by atoms with Gasteiger partial charge in [0.15, 0.2) is 5.16 Å². The number of amides is 1. The number of thioether (sulfide) groups is 1. The molecule has 2 aromatic heterocycles. The molecule has 162 valence electrons. The van der Waals surface area contributed by atoms with Gasteiger partial charge in [-0.1, -0.05) is 59.8 Å². The van der Waals surface area contributed by atoms with Gasteiger partial charge in [0.05, 0.1) is 17.6 Å². The van der Waals surface area contributed by atoms with Crippen LogP contribution in [0.1, 0.15) is 28.5 Å². The second kappa shape index (κ2) is 8.56. The van der Waals surface area contributed by atoms with E-state index in [1.54, 1.807) is 34.6 Å². The van der Waals surface area contributed by atoms with Crippen molar-refractivity contribution in [2.45, 2.75) is 37.7 Å². The van der Waals surface area contributed by atoms with Gasteiger partial charge in [0.2, 0.25) is 5.91 Å². The first-order valence-corrected chi connectivity index (χ1v) is 12.4. The molecule has 2 aromatic carbocycles. The first kappa shape index (κ1) is 21.0. The third-order valence-corrected chi connectivity index (χ3v) is 7.87. The molecular weight excluding hydrogens is 438 g/mol. The van der Waals surface area contributed by atoms with Gasteiger partial charge in [-0.05, 0) is 36.6 Å². The second-order valence-electron chi connectivity index (χ2n) is 8.02. The maximum atomic E-state index is 13.8. The number of hydrogen-bond donors (Lipinski definition) is 0. The first-order chi connectivity index (χ1) is 15.5. The van der Waals surface area contributed by atoms with Crippen LogP contribution in [0.5, 0.6) is 0 Å². The molecule has 0 N–H and O–H groups in total. The lowest BCUT2D eigenvalue weighted by Crippen LogP contribution is -2.34. The maximum Gasteiger partial charge on any atom is 0.267 e. The molecule has 0 unspecified atom stereocenters. The van der Waals surface area contributed by atoms with E-state index in [0.717, 1.165) is 26.7 Å². The van der Waals surface area contributed by atoms with Gasteiger partial charge in [-0.15, -0.1) is 11.3 Å². The SMILES string of the molecule is CC(=O)N1CCc2c(sc3nc(SCc4cccc(C)c4)n(-c4ccccc4)c(=O)c23)C1. The Morgan fingerprint density at radius 2 is 1.97 bits per heavy atom. The minimum absolute atomic E-state index is 0.0262. The topological polar surface area (TPSA) is 55.2 Å². The largest absolute Gasteiger partial charge is 0.337 e. The summed E-state index contributed by atoms with van der Waals surface area (Å²) in [6.07, 6.45) is 0.691. The second-order valence-corrected chi connectivity index (χ2v) is 10.0. The fourth-order valence-electron chi connectivity index (χ4n) is 4.14. The number of aryl methyl sites for hydroxylation is 1. The van der Waals surface area contributed by atoms with Gasteiger partial charge in [-0.2, -0.15) is 0 Å². The third-order valence-electron chi connectivity index (χ3n) is 5.75. The lowest BCUT2D eigenvalue weighted by Gasteiger charge is -2.25. The molecule has 4 aromatic rings. The molecule has 1 amide bonds. The number of thiophene rings is 1. The Labute approximate surface area is 194 Å². The van der Waals surface area contributed by atoms with Gasteiger partial charge < -0.3 is 4.90 Å². The Morgan fingerprint density at radius 1 is 1.16 bits per heavy atom. The molecule has 1 aliphatic rings.